The molecular formula is C11H15N3O. The summed E-state index contributed by atoms with van der Waals surface area (Å²) in [6.45, 7) is 1.93. The van der Waals surface area contributed by atoms with Gasteiger partial charge in [-0.1, -0.05) is 6.07 Å². The third kappa shape index (κ3) is 1.37. The van der Waals surface area contributed by atoms with Gasteiger partial charge >= 0.3 is 5.69 Å². The second kappa shape index (κ2) is 3.24. The third-order valence-corrected chi connectivity index (χ3v) is 2.82. The fourth-order valence-electron chi connectivity index (χ4n) is 1.81. The van der Waals surface area contributed by atoms with Crippen LogP contribution in [-0.2, 0) is 14.1 Å². The predicted molar refractivity (Wildman–Crippen MR) is 60.8 cm³/mol. The molecule has 0 aliphatic rings. The van der Waals surface area contributed by atoms with Gasteiger partial charge in [0.05, 0.1) is 11.0 Å². The largest absolute Gasteiger partial charge is 0.328 e. The molecular weight excluding hydrogens is 190 g/mol. The highest BCUT2D eigenvalue weighted by molar-refractivity contribution is 5.76. The fourth-order valence-corrected chi connectivity index (χ4v) is 1.81. The fraction of sp³-hybridized carbons (Fsp3) is 0.364. The number of aryl methyl sites for hydroxylation is 2. The van der Waals surface area contributed by atoms with E-state index in [1.165, 1.54) is 0 Å². The van der Waals surface area contributed by atoms with Crippen LogP contribution >= 0.6 is 0 Å². The van der Waals surface area contributed by atoms with Crippen LogP contribution in [0.1, 0.15) is 18.5 Å². The van der Waals surface area contributed by atoms with Crippen LogP contribution in [-0.4, -0.2) is 9.13 Å². The van der Waals surface area contributed by atoms with Crippen molar-refractivity contribution in [2.45, 2.75) is 13.0 Å². The van der Waals surface area contributed by atoms with E-state index >= 15 is 0 Å². The summed E-state index contributed by atoms with van der Waals surface area (Å²) < 4.78 is 3.28. The molecule has 0 radical (unpaired) electrons. The van der Waals surface area contributed by atoms with Gasteiger partial charge in [0.2, 0.25) is 0 Å². The van der Waals surface area contributed by atoms with Crippen LogP contribution < -0.4 is 11.4 Å². The minimum Gasteiger partial charge on any atom is -0.324 e. The van der Waals surface area contributed by atoms with Crippen molar-refractivity contribution in [2.24, 2.45) is 19.8 Å². The Morgan fingerprint density at radius 3 is 2.40 bits per heavy atom. The van der Waals surface area contributed by atoms with Crippen LogP contribution in [0.15, 0.2) is 23.0 Å². The Labute approximate surface area is 87.9 Å². The molecule has 0 spiro atoms. The summed E-state index contributed by atoms with van der Waals surface area (Å²) in [5.74, 6) is 0. The summed E-state index contributed by atoms with van der Waals surface area (Å²) in [4.78, 5) is 11.7. The van der Waals surface area contributed by atoms with Crippen molar-refractivity contribution in [2.75, 3.05) is 0 Å². The number of aromatic nitrogens is 2. The highest BCUT2D eigenvalue weighted by Gasteiger charge is 2.08. The van der Waals surface area contributed by atoms with E-state index in [9.17, 15) is 4.79 Å². The normalized spacial score (nSPS) is 13.3. The molecule has 1 aromatic heterocycles. The molecule has 0 saturated heterocycles. The lowest BCUT2D eigenvalue weighted by atomic mass is 10.1. The third-order valence-electron chi connectivity index (χ3n) is 2.82. The molecule has 0 aliphatic heterocycles. The number of hydrogen-bond acceptors (Lipinski definition) is 2. The van der Waals surface area contributed by atoms with Crippen molar-refractivity contribution < 1.29 is 0 Å². The van der Waals surface area contributed by atoms with E-state index in [4.69, 9.17) is 5.73 Å². The van der Waals surface area contributed by atoms with E-state index in [0.717, 1.165) is 16.6 Å². The average Bonchev–Trinajstić information content (AvgIpc) is 2.44. The van der Waals surface area contributed by atoms with Crippen molar-refractivity contribution in [1.82, 2.24) is 9.13 Å². The summed E-state index contributed by atoms with van der Waals surface area (Å²) in [5, 5.41) is 0. The number of imidazole rings is 1. The first-order valence-corrected chi connectivity index (χ1v) is 4.93. The van der Waals surface area contributed by atoms with E-state index in [0.29, 0.717) is 0 Å². The smallest absolute Gasteiger partial charge is 0.324 e. The summed E-state index contributed by atoms with van der Waals surface area (Å²) >= 11 is 0. The van der Waals surface area contributed by atoms with Gasteiger partial charge in [0.25, 0.3) is 0 Å². The molecule has 1 aromatic carbocycles. The molecule has 0 unspecified atom stereocenters. The van der Waals surface area contributed by atoms with Gasteiger partial charge in [-0.25, -0.2) is 4.79 Å². The quantitative estimate of drug-likeness (QED) is 0.752. The van der Waals surface area contributed by atoms with E-state index in [1.54, 1.807) is 23.2 Å². The maximum Gasteiger partial charge on any atom is 0.328 e. The molecule has 2 N–H and O–H groups in total. The molecule has 0 amide bonds. The maximum atomic E-state index is 11.7. The van der Waals surface area contributed by atoms with Crippen LogP contribution in [0, 0.1) is 0 Å². The number of rotatable bonds is 1. The van der Waals surface area contributed by atoms with Gasteiger partial charge in [-0.05, 0) is 24.6 Å². The van der Waals surface area contributed by atoms with Crippen molar-refractivity contribution in [3.8, 4) is 0 Å². The van der Waals surface area contributed by atoms with Crippen LogP contribution in [0.4, 0.5) is 0 Å². The molecule has 80 valence electrons. The van der Waals surface area contributed by atoms with Gasteiger partial charge in [0, 0.05) is 20.1 Å². The van der Waals surface area contributed by atoms with Gasteiger partial charge in [0.15, 0.2) is 0 Å². The van der Waals surface area contributed by atoms with Gasteiger partial charge in [0.1, 0.15) is 0 Å². The molecule has 4 nitrogen and oxygen atoms in total. The molecule has 0 saturated carbocycles. The lowest BCUT2D eigenvalue weighted by Crippen LogP contribution is -2.19. The molecule has 2 aromatic rings. The first kappa shape index (κ1) is 9.98. The molecule has 15 heavy (non-hydrogen) atoms. The maximum absolute atomic E-state index is 11.7. The first-order chi connectivity index (χ1) is 7.02. The number of fused-ring (bicyclic) bond motifs is 1. The van der Waals surface area contributed by atoms with Crippen molar-refractivity contribution in [3.63, 3.8) is 0 Å². The lowest BCUT2D eigenvalue weighted by molar-refractivity contribution is 0.794. The summed E-state index contributed by atoms with van der Waals surface area (Å²) in [7, 11) is 3.55. The lowest BCUT2D eigenvalue weighted by Gasteiger charge is -2.05. The zero-order valence-electron chi connectivity index (χ0n) is 9.19. The zero-order valence-corrected chi connectivity index (χ0v) is 9.19. The summed E-state index contributed by atoms with van der Waals surface area (Å²) in [5.41, 5.74) is 8.71. The van der Waals surface area contributed by atoms with Gasteiger partial charge in [-0.2, -0.15) is 0 Å². The average molecular weight is 205 g/mol. The van der Waals surface area contributed by atoms with Gasteiger partial charge < -0.3 is 5.73 Å². The van der Waals surface area contributed by atoms with Crippen LogP contribution in [0.3, 0.4) is 0 Å². The second-order valence-electron chi connectivity index (χ2n) is 3.94. The number of nitrogens with zero attached hydrogens (tertiary/aromatic N) is 2. The highest BCUT2D eigenvalue weighted by atomic mass is 16.1. The van der Waals surface area contributed by atoms with E-state index in [-0.39, 0.29) is 11.7 Å². The Kier molecular flexibility index (Phi) is 2.16. The molecule has 2 rings (SSSR count). The monoisotopic (exact) mass is 205 g/mol. The van der Waals surface area contributed by atoms with Crippen molar-refractivity contribution in [3.05, 3.63) is 34.2 Å². The number of benzene rings is 1. The predicted octanol–water partition coefficient (Wildman–Crippen LogP) is 0.897. The van der Waals surface area contributed by atoms with Gasteiger partial charge in [-0.3, -0.25) is 9.13 Å². The Hall–Kier alpha value is -1.55. The summed E-state index contributed by atoms with van der Waals surface area (Å²) in [6.07, 6.45) is 0. The van der Waals surface area contributed by atoms with Crippen molar-refractivity contribution >= 4 is 11.0 Å². The standard InChI is InChI=1S/C11H15N3O/c1-7(12)8-4-5-9-10(6-8)14(3)11(15)13(9)2/h4-7H,12H2,1-3H3/t7-/m1/s1. The highest BCUT2D eigenvalue weighted by Crippen LogP contribution is 2.17. The van der Waals surface area contributed by atoms with Crippen LogP contribution in [0.2, 0.25) is 0 Å². The Bertz CT molecular complexity index is 563. The van der Waals surface area contributed by atoms with Gasteiger partial charge in [-0.15, -0.1) is 0 Å². The minimum absolute atomic E-state index is 0.00757. The number of nitrogens with two attached hydrogens (primary N) is 1. The first-order valence-electron chi connectivity index (χ1n) is 4.93. The minimum atomic E-state index is -0.00953. The molecule has 1 heterocycles. The zero-order chi connectivity index (χ0) is 11.2. The van der Waals surface area contributed by atoms with E-state index < -0.39 is 0 Å². The van der Waals surface area contributed by atoms with Crippen molar-refractivity contribution in [1.29, 1.82) is 0 Å². The Balaban J connectivity index is 2.83. The molecule has 0 aliphatic carbocycles. The Morgan fingerprint density at radius 1 is 1.20 bits per heavy atom. The second-order valence-corrected chi connectivity index (χ2v) is 3.94. The SMILES string of the molecule is C[C@@H](N)c1ccc2c(c1)n(C)c(=O)n2C. The molecule has 1 atom stereocenters. The summed E-state index contributed by atoms with van der Waals surface area (Å²) in [6, 6.07) is 5.87. The Morgan fingerprint density at radius 2 is 1.80 bits per heavy atom. The van der Waals surface area contributed by atoms with Crippen LogP contribution in [0.5, 0.6) is 0 Å². The number of hydrogen-bond donors (Lipinski definition) is 1. The molecule has 0 fully saturated rings. The molecule has 4 heteroatoms. The topological polar surface area (TPSA) is 52.9 Å². The van der Waals surface area contributed by atoms with Crippen LogP contribution in [0.25, 0.3) is 11.0 Å². The van der Waals surface area contributed by atoms with E-state index in [1.807, 2.05) is 25.1 Å². The molecule has 0 bridgehead atoms. The van der Waals surface area contributed by atoms with E-state index in [2.05, 4.69) is 0 Å².